The number of hydrogen-bond donors (Lipinski definition) is 3. The number of pyridine rings is 1. The molecule has 0 radical (unpaired) electrons. The lowest BCUT2D eigenvalue weighted by atomic mass is 10.1. The van der Waals surface area contributed by atoms with Gasteiger partial charge in [0.25, 0.3) is 10.0 Å². The molecule has 1 heterocycles. The molecule has 0 unspecified atom stereocenters. The Labute approximate surface area is 181 Å². The number of carboxylic acids is 1. The molecule has 3 aromatic rings. The highest BCUT2D eigenvalue weighted by atomic mass is 32.2. The van der Waals surface area contributed by atoms with Crippen LogP contribution in [0.1, 0.15) is 30.1 Å². The SMILES string of the molecule is CCCCNc1cc(C(=O)O)cc(S(=O)(=O)Nc2ccncc2)c1Oc1ccccc1. The minimum Gasteiger partial charge on any atom is -0.478 e. The highest BCUT2D eigenvalue weighted by molar-refractivity contribution is 7.92. The van der Waals surface area contributed by atoms with Gasteiger partial charge in [0.15, 0.2) is 5.75 Å². The Bertz CT molecular complexity index is 1140. The number of unbranched alkanes of at least 4 members (excludes halogenated alkanes) is 1. The summed E-state index contributed by atoms with van der Waals surface area (Å²) in [7, 11) is -4.18. The van der Waals surface area contributed by atoms with E-state index in [0.29, 0.717) is 18.0 Å². The molecule has 9 heteroatoms. The molecule has 8 nitrogen and oxygen atoms in total. The second-order valence-electron chi connectivity index (χ2n) is 6.69. The molecular weight excluding hydrogens is 418 g/mol. The van der Waals surface area contributed by atoms with Gasteiger partial charge in [0.2, 0.25) is 0 Å². The first-order chi connectivity index (χ1) is 14.9. The van der Waals surface area contributed by atoms with Crippen LogP contribution in [0.4, 0.5) is 11.4 Å². The molecule has 0 aliphatic heterocycles. The van der Waals surface area contributed by atoms with Crippen molar-refractivity contribution in [3.8, 4) is 11.5 Å². The number of nitrogens with zero attached hydrogens (tertiary/aromatic N) is 1. The van der Waals surface area contributed by atoms with E-state index >= 15 is 0 Å². The lowest BCUT2D eigenvalue weighted by molar-refractivity contribution is 0.0696. The Morgan fingerprint density at radius 2 is 1.81 bits per heavy atom. The maximum atomic E-state index is 13.2. The molecule has 3 N–H and O–H groups in total. The number of ether oxygens (including phenoxy) is 1. The van der Waals surface area contributed by atoms with Gasteiger partial charge in [-0.2, -0.15) is 0 Å². The topological polar surface area (TPSA) is 118 Å². The van der Waals surface area contributed by atoms with E-state index in [0.717, 1.165) is 18.9 Å². The first kappa shape index (κ1) is 22.1. The fraction of sp³-hybridized carbons (Fsp3) is 0.182. The summed E-state index contributed by atoms with van der Waals surface area (Å²) in [6.07, 6.45) is 4.63. The predicted molar refractivity (Wildman–Crippen MR) is 118 cm³/mol. The monoisotopic (exact) mass is 441 g/mol. The van der Waals surface area contributed by atoms with E-state index in [-0.39, 0.29) is 21.9 Å². The standard InChI is InChI=1S/C22H23N3O5S/c1-2-3-11-24-19-14-16(22(26)27)15-20(21(19)30-18-7-5-4-6-8-18)31(28,29)25-17-9-12-23-13-10-17/h4-10,12-15,24H,2-3,11H2,1H3,(H,23,25)(H,26,27). The van der Waals surface area contributed by atoms with Crippen molar-refractivity contribution in [1.82, 2.24) is 4.98 Å². The number of carboxylic acid groups (broad SMARTS) is 1. The van der Waals surface area contributed by atoms with Gasteiger partial charge in [0.05, 0.1) is 16.9 Å². The molecule has 0 aliphatic carbocycles. The van der Waals surface area contributed by atoms with Crippen molar-refractivity contribution in [3.63, 3.8) is 0 Å². The van der Waals surface area contributed by atoms with Crippen LogP contribution >= 0.6 is 0 Å². The zero-order chi connectivity index (χ0) is 22.3. The number of hydrogen-bond acceptors (Lipinski definition) is 6. The zero-order valence-electron chi connectivity index (χ0n) is 16.9. The Morgan fingerprint density at radius 1 is 1.10 bits per heavy atom. The molecule has 0 saturated heterocycles. The van der Waals surface area contributed by atoms with Gasteiger partial charge in [-0.25, -0.2) is 13.2 Å². The molecule has 0 atom stereocenters. The first-order valence-corrected chi connectivity index (χ1v) is 11.2. The van der Waals surface area contributed by atoms with Crippen LogP contribution in [0, 0.1) is 0 Å². The van der Waals surface area contributed by atoms with Crippen LogP contribution in [0.3, 0.4) is 0 Å². The molecule has 162 valence electrons. The largest absolute Gasteiger partial charge is 0.478 e. The van der Waals surface area contributed by atoms with E-state index in [4.69, 9.17) is 4.74 Å². The number of para-hydroxylation sites is 1. The van der Waals surface area contributed by atoms with Gasteiger partial charge in [-0.15, -0.1) is 0 Å². The minimum atomic E-state index is -4.18. The van der Waals surface area contributed by atoms with Crippen LogP contribution in [0.25, 0.3) is 0 Å². The Hall–Kier alpha value is -3.59. The molecule has 1 aromatic heterocycles. The summed E-state index contributed by atoms with van der Waals surface area (Å²) in [6.45, 7) is 2.55. The van der Waals surface area contributed by atoms with E-state index in [1.54, 1.807) is 24.3 Å². The second kappa shape index (κ2) is 9.94. The van der Waals surface area contributed by atoms with Crippen molar-refractivity contribution in [2.45, 2.75) is 24.7 Å². The van der Waals surface area contributed by atoms with Crippen LogP contribution in [-0.4, -0.2) is 31.0 Å². The maximum absolute atomic E-state index is 13.2. The normalized spacial score (nSPS) is 11.0. The van der Waals surface area contributed by atoms with Gasteiger partial charge < -0.3 is 15.2 Å². The number of nitrogens with one attached hydrogen (secondary N) is 2. The maximum Gasteiger partial charge on any atom is 0.335 e. The van der Waals surface area contributed by atoms with Gasteiger partial charge >= 0.3 is 5.97 Å². The molecule has 0 amide bonds. The lowest BCUT2D eigenvalue weighted by Crippen LogP contribution is -2.16. The summed E-state index contributed by atoms with van der Waals surface area (Å²) in [4.78, 5) is 15.3. The van der Waals surface area contributed by atoms with Crippen LogP contribution in [0.5, 0.6) is 11.5 Å². The summed E-state index contributed by atoms with van der Waals surface area (Å²) in [5, 5.41) is 12.7. The molecule has 3 rings (SSSR count). The summed E-state index contributed by atoms with van der Waals surface area (Å²) < 4.78 is 34.9. The molecule has 0 fully saturated rings. The van der Waals surface area contributed by atoms with Crippen molar-refractivity contribution in [2.75, 3.05) is 16.6 Å². The van der Waals surface area contributed by atoms with Crippen molar-refractivity contribution < 1.29 is 23.1 Å². The highest BCUT2D eigenvalue weighted by Crippen LogP contribution is 2.38. The smallest absolute Gasteiger partial charge is 0.335 e. The predicted octanol–water partition coefficient (Wildman–Crippen LogP) is 4.58. The van der Waals surface area contributed by atoms with Crippen molar-refractivity contribution >= 4 is 27.4 Å². The van der Waals surface area contributed by atoms with Crippen LogP contribution in [-0.2, 0) is 10.0 Å². The van der Waals surface area contributed by atoms with E-state index in [9.17, 15) is 18.3 Å². The number of benzene rings is 2. The van der Waals surface area contributed by atoms with Crippen molar-refractivity contribution in [1.29, 1.82) is 0 Å². The van der Waals surface area contributed by atoms with Gasteiger partial charge in [0, 0.05) is 18.9 Å². The number of anilines is 2. The average molecular weight is 442 g/mol. The van der Waals surface area contributed by atoms with E-state index in [2.05, 4.69) is 15.0 Å². The molecule has 0 saturated carbocycles. The zero-order valence-corrected chi connectivity index (χ0v) is 17.7. The fourth-order valence-corrected chi connectivity index (χ4v) is 4.03. The van der Waals surface area contributed by atoms with Crippen LogP contribution in [0.2, 0.25) is 0 Å². The van der Waals surface area contributed by atoms with E-state index in [1.807, 2.05) is 13.0 Å². The quantitative estimate of drug-likeness (QED) is 0.394. The molecule has 0 bridgehead atoms. The number of aromatic carboxylic acids is 1. The third-order valence-corrected chi connectivity index (χ3v) is 5.72. The number of carbonyl (C=O) groups is 1. The molecular formula is C22H23N3O5S. The fourth-order valence-electron chi connectivity index (χ4n) is 2.80. The average Bonchev–Trinajstić information content (AvgIpc) is 2.75. The molecule has 31 heavy (non-hydrogen) atoms. The number of sulfonamides is 1. The van der Waals surface area contributed by atoms with Crippen LogP contribution in [0.15, 0.2) is 71.9 Å². The van der Waals surface area contributed by atoms with Crippen LogP contribution < -0.4 is 14.8 Å². The van der Waals surface area contributed by atoms with Crippen molar-refractivity contribution in [3.05, 3.63) is 72.6 Å². The van der Waals surface area contributed by atoms with Gasteiger partial charge in [-0.1, -0.05) is 31.5 Å². The van der Waals surface area contributed by atoms with Gasteiger partial charge in [-0.05, 0) is 42.8 Å². The van der Waals surface area contributed by atoms with E-state index in [1.165, 1.54) is 30.6 Å². The molecule has 2 aromatic carbocycles. The third kappa shape index (κ3) is 5.73. The highest BCUT2D eigenvalue weighted by Gasteiger charge is 2.26. The summed E-state index contributed by atoms with van der Waals surface area (Å²) in [5.41, 5.74) is 0.406. The number of rotatable bonds is 10. The lowest BCUT2D eigenvalue weighted by Gasteiger charge is -2.19. The summed E-state index contributed by atoms with van der Waals surface area (Å²) in [5.74, 6) is -0.802. The second-order valence-corrected chi connectivity index (χ2v) is 8.34. The Morgan fingerprint density at radius 3 is 2.45 bits per heavy atom. The Balaban J connectivity index is 2.14. The van der Waals surface area contributed by atoms with Crippen molar-refractivity contribution in [2.24, 2.45) is 0 Å². The minimum absolute atomic E-state index is 0.0221. The van der Waals surface area contributed by atoms with Gasteiger partial charge in [-0.3, -0.25) is 9.71 Å². The Kier molecular flexibility index (Phi) is 7.09. The summed E-state index contributed by atoms with van der Waals surface area (Å²) in [6, 6.07) is 14.2. The van der Waals surface area contributed by atoms with Gasteiger partial charge in [0.1, 0.15) is 10.6 Å². The third-order valence-electron chi connectivity index (χ3n) is 4.33. The first-order valence-electron chi connectivity index (χ1n) is 9.71. The molecule has 0 spiro atoms. The molecule has 0 aliphatic rings. The van der Waals surface area contributed by atoms with E-state index < -0.39 is 16.0 Å². The number of aromatic nitrogens is 1. The summed E-state index contributed by atoms with van der Waals surface area (Å²) >= 11 is 0.